The van der Waals surface area contributed by atoms with Gasteiger partial charge in [0, 0.05) is 33.7 Å². The van der Waals surface area contributed by atoms with Crippen LogP contribution < -0.4 is 5.32 Å². The van der Waals surface area contributed by atoms with Crippen LogP contribution in [0.25, 0.3) is 22.7 Å². The largest absolute Gasteiger partial charge is 0.321 e. The molecule has 6 heteroatoms. The highest BCUT2D eigenvalue weighted by molar-refractivity contribution is 6.30. The van der Waals surface area contributed by atoms with Crippen molar-refractivity contribution in [1.82, 2.24) is 9.55 Å². The number of carbonyl (C=O) groups is 1. The molecule has 0 bridgehead atoms. The summed E-state index contributed by atoms with van der Waals surface area (Å²) in [6.07, 6.45) is 3.32. The van der Waals surface area contributed by atoms with Gasteiger partial charge in [-0.05, 0) is 80.1 Å². The van der Waals surface area contributed by atoms with E-state index in [0.717, 1.165) is 33.5 Å². The first-order valence-corrected chi connectivity index (χ1v) is 10.1. The standard InChI is InChI=1S/C25H19ClN4O/c1-16-13-18(17(2)30(16)21-10-8-20(26)9-11-21)14-19(15-27)25(31)29-24-7-3-6-23-22(24)5-4-12-28-23/h3-14H,1-2H3,(H,29,31)/b19-14+. The molecule has 31 heavy (non-hydrogen) atoms. The minimum Gasteiger partial charge on any atom is -0.321 e. The molecule has 0 fully saturated rings. The van der Waals surface area contributed by atoms with Gasteiger partial charge < -0.3 is 9.88 Å². The van der Waals surface area contributed by atoms with Gasteiger partial charge in [0.25, 0.3) is 5.91 Å². The maximum atomic E-state index is 12.9. The Bertz CT molecular complexity index is 1360. The number of rotatable bonds is 4. The summed E-state index contributed by atoms with van der Waals surface area (Å²) in [5.74, 6) is -0.463. The average Bonchev–Trinajstić information content (AvgIpc) is 3.05. The van der Waals surface area contributed by atoms with Crippen LogP contribution in [0.3, 0.4) is 0 Å². The fraction of sp³-hybridized carbons (Fsp3) is 0.0800. The first-order chi connectivity index (χ1) is 15.0. The second kappa shape index (κ2) is 8.47. The van der Waals surface area contributed by atoms with Crippen molar-refractivity contribution in [3.8, 4) is 11.8 Å². The number of nitrogens with one attached hydrogen (secondary N) is 1. The van der Waals surface area contributed by atoms with E-state index in [2.05, 4.69) is 14.9 Å². The summed E-state index contributed by atoms with van der Waals surface area (Å²) in [6, 6.07) is 20.7. The van der Waals surface area contributed by atoms with Crippen LogP contribution in [0.4, 0.5) is 5.69 Å². The van der Waals surface area contributed by atoms with Crippen LogP contribution in [0.2, 0.25) is 5.02 Å². The van der Waals surface area contributed by atoms with E-state index in [1.54, 1.807) is 18.3 Å². The summed E-state index contributed by atoms with van der Waals surface area (Å²) in [7, 11) is 0. The Kier molecular flexibility index (Phi) is 5.57. The maximum absolute atomic E-state index is 12.9. The van der Waals surface area contributed by atoms with Crippen molar-refractivity contribution in [2.24, 2.45) is 0 Å². The summed E-state index contributed by atoms with van der Waals surface area (Å²) < 4.78 is 2.06. The van der Waals surface area contributed by atoms with Gasteiger partial charge in [0.05, 0.1) is 11.2 Å². The summed E-state index contributed by atoms with van der Waals surface area (Å²) in [5, 5.41) is 14.0. The first kappa shape index (κ1) is 20.4. The molecule has 0 radical (unpaired) electrons. The van der Waals surface area contributed by atoms with E-state index in [-0.39, 0.29) is 5.57 Å². The molecule has 0 aliphatic rings. The molecule has 1 N–H and O–H groups in total. The Hall–Kier alpha value is -3.88. The SMILES string of the molecule is Cc1cc(/C=C(\C#N)C(=O)Nc2cccc3ncccc23)c(C)n1-c1ccc(Cl)cc1. The number of hydrogen-bond donors (Lipinski definition) is 1. The molecule has 0 aliphatic heterocycles. The van der Waals surface area contributed by atoms with Gasteiger partial charge in [0.1, 0.15) is 11.6 Å². The predicted molar refractivity (Wildman–Crippen MR) is 124 cm³/mol. The van der Waals surface area contributed by atoms with E-state index >= 15 is 0 Å². The molecule has 5 nitrogen and oxygen atoms in total. The van der Waals surface area contributed by atoms with Crippen LogP contribution in [0.15, 0.2) is 72.4 Å². The zero-order valence-corrected chi connectivity index (χ0v) is 17.8. The van der Waals surface area contributed by atoms with Gasteiger partial charge >= 0.3 is 0 Å². The van der Waals surface area contributed by atoms with Crippen LogP contribution in [0.5, 0.6) is 0 Å². The Morgan fingerprint density at radius 3 is 2.65 bits per heavy atom. The number of benzene rings is 2. The van der Waals surface area contributed by atoms with Crippen molar-refractivity contribution in [1.29, 1.82) is 5.26 Å². The van der Waals surface area contributed by atoms with Crippen LogP contribution >= 0.6 is 11.6 Å². The van der Waals surface area contributed by atoms with Crippen molar-refractivity contribution in [2.75, 3.05) is 5.32 Å². The molecule has 4 aromatic rings. The summed E-state index contributed by atoms with van der Waals surface area (Å²) in [6.45, 7) is 3.94. The number of nitriles is 1. The third-order valence-corrected chi connectivity index (χ3v) is 5.37. The number of aryl methyl sites for hydroxylation is 1. The lowest BCUT2D eigenvalue weighted by Gasteiger charge is -2.10. The normalized spacial score (nSPS) is 11.4. The average molecular weight is 427 g/mol. The van der Waals surface area contributed by atoms with E-state index in [1.807, 2.05) is 74.5 Å². The lowest BCUT2D eigenvalue weighted by atomic mass is 10.1. The molecule has 2 aromatic heterocycles. The van der Waals surface area contributed by atoms with Crippen molar-refractivity contribution >= 4 is 40.2 Å². The molecule has 1 amide bonds. The number of anilines is 1. The van der Waals surface area contributed by atoms with Crippen molar-refractivity contribution in [3.05, 3.63) is 94.4 Å². The molecule has 0 aliphatic carbocycles. The molecular weight excluding hydrogens is 408 g/mol. The third-order valence-electron chi connectivity index (χ3n) is 5.11. The highest BCUT2D eigenvalue weighted by atomic mass is 35.5. The zero-order chi connectivity index (χ0) is 22.0. The van der Waals surface area contributed by atoms with Gasteiger partial charge in [-0.3, -0.25) is 9.78 Å². The van der Waals surface area contributed by atoms with E-state index in [0.29, 0.717) is 10.7 Å². The number of amides is 1. The van der Waals surface area contributed by atoms with Gasteiger partial charge in [-0.25, -0.2) is 0 Å². The molecule has 0 unspecified atom stereocenters. The number of fused-ring (bicyclic) bond motifs is 1. The minimum atomic E-state index is -0.463. The second-order valence-corrected chi connectivity index (χ2v) is 7.57. The Balaban J connectivity index is 1.67. The van der Waals surface area contributed by atoms with Crippen LogP contribution in [0, 0.1) is 25.2 Å². The summed E-state index contributed by atoms with van der Waals surface area (Å²) in [5.41, 5.74) is 5.09. The second-order valence-electron chi connectivity index (χ2n) is 7.14. The predicted octanol–water partition coefficient (Wildman–Crippen LogP) is 5.84. The number of pyridine rings is 1. The highest BCUT2D eigenvalue weighted by Gasteiger charge is 2.15. The molecule has 4 rings (SSSR count). The molecule has 2 heterocycles. The molecule has 0 spiro atoms. The quantitative estimate of drug-likeness (QED) is 0.329. The van der Waals surface area contributed by atoms with E-state index in [4.69, 9.17) is 11.6 Å². The van der Waals surface area contributed by atoms with Crippen molar-refractivity contribution in [3.63, 3.8) is 0 Å². The van der Waals surface area contributed by atoms with E-state index < -0.39 is 5.91 Å². The van der Waals surface area contributed by atoms with Gasteiger partial charge in [-0.2, -0.15) is 5.26 Å². The number of carbonyl (C=O) groups excluding carboxylic acids is 1. The number of halogens is 1. The van der Waals surface area contributed by atoms with Crippen LogP contribution in [-0.2, 0) is 4.79 Å². The van der Waals surface area contributed by atoms with Crippen LogP contribution in [-0.4, -0.2) is 15.5 Å². The molecule has 0 atom stereocenters. The monoisotopic (exact) mass is 426 g/mol. The lowest BCUT2D eigenvalue weighted by Crippen LogP contribution is -2.13. The fourth-order valence-corrected chi connectivity index (χ4v) is 3.75. The van der Waals surface area contributed by atoms with Gasteiger partial charge in [-0.15, -0.1) is 0 Å². The van der Waals surface area contributed by atoms with Gasteiger partial charge in [-0.1, -0.05) is 17.7 Å². The maximum Gasteiger partial charge on any atom is 0.266 e. The Labute approximate surface area is 185 Å². The van der Waals surface area contributed by atoms with E-state index in [9.17, 15) is 10.1 Å². The van der Waals surface area contributed by atoms with Gasteiger partial charge in [0.15, 0.2) is 0 Å². The molecule has 2 aromatic carbocycles. The first-order valence-electron chi connectivity index (χ1n) is 9.69. The zero-order valence-electron chi connectivity index (χ0n) is 17.1. The Morgan fingerprint density at radius 1 is 1.13 bits per heavy atom. The smallest absolute Gasteiger partial charge is 0.266 e. The van der Waals surface area contributed by atoms with Crippen molar-refractivity contribution < 1.29 is 4.79 Å². The minimum absolute atomic E-state index is 0.0252. The summed E-state index contributed by atoms with van der Waals surface area (Å²) >= 11 is 6.01. The van der Waals surface area contributed by atoms with Gasteiger partial charge in [0.2, 0.25) is 0 Å². The summed E-state index contributed by atoms with van der Waals surface area (Å²) in [4.78, 5) is 17.2. The number of aromatic nitrogens is 2. The topological polar surface area (TPSA) is 70.7 Å². The molecular formula is C25H19ClN4O. The Morgan fingerprint density at radius 2 is 1.90 bits per heavy atom. The van der Waals surface area contributed by atoms with E-state index in [1.165, 1.54) is 0 Å². The van der Waals surface area contributed by atoms with Crippen molar-refractivity contribution in [2.45, 2.75) is 13.8 Å². The molecule has 0 saturated carbocycles. The van der Waals surface area contributed by atoms with Crippen LogP contribution in [0.1, 0.15) is 17.0 Å². The third kappa shape index (κ3) is 4.07. The molecule has 0 saturated heterocycles. The fourth-order valence-electron chi connectivity index (χ4n) is 3.63. The lowest BCUT2D eigenvalue weighted by molar-refractivity contribution is -0.112. The highest BCUT2D eigenvalue weighted by Crippen LogP contribution is 2.25. The number of nitrogens with zero attached hydrogens (tertiary/aromatic N) is 3. The number of hydrogen-bond acceptors (Lipinski definition) is 3. The molecule has 152 valence electrons.